The van der Waals surface area contributed by atoms with Crippen molar-refractivity contribution in [3.05, 3.63) is 53.1 Å². The Morgan fingerprint density at radius 1 is 1.08 bits per heavy atom. The molecule has 1 fully saturated rings. The van der Waals surface area contributed by atoms with E-state index in [1.54, 1.807) is 0 Å². The lowest BCUT2D eigenvalue weighted by Crippen LogP contribution is -2.35. The number of hydrogen-bond acceptors (Lipinski definition) is 3. The first-order valence-electron chi connectivity index (χ1n) is 8.42. The maximum Gasteiger partial charge on any atom is 0.412 e. The molecule has 3 rings (SSSR count). The number of piperidine rings is 1. The molecule has 4 nitrogen and oxygen atoms in total. The van der Waals surface area contributed by atoms with Gasteiger partial charge >= 0.3 is 6.18 Å². The van der Waals surface area contributed by atoms with Crippen molar-refractivity contribution in [1.29, 1.82) is 0 Å². The monoisotopic (exact) mass is 351 g/mol. The van der Waals surface area contributed by atoms with E-state index in [4.69, 9.17) is 0 Å². The second-order valence-electron chi connectivity index (χ2n) is 6.27. The summed E-state index contributed by atoms with van der Waals surface area (Å²) in [5, 5.41) is 2.68. The van der Waals surface area contributed by atoms with Crippen LogP contribution in [0.1, 0.15) is 42.5 Å². The summed E-state index contributed by atoms with van der Waals surface area (Å²) in [5.74, 6) is -0.424. The summed E-state index contributed by atoms with van der Waals surface area (Å²) in [6, 6.07) is 3.07. The smallest absolute Gasteiger partial charge is 0.373 e. The maximum atomic E-state index is 13.1. The van der Waals surface area contributed by atoms with Crippen LogP contribution in [0.3, 0.4) is 0 Å². The molecule has 1 aromatic rings. The number of allylic oxidation sites excluding steroid dienone is 3. The van der Waals surface area contributed by atoms with Gasteiger partial charge in [-0.05, 0) is 50.3 Å². The molecule has 0 unspecified atom stereocenters. The van der Waals surface area contributed by atoms with Crippen molar-refractivity contribution >= 4 is 5.91 Å². The molecule has 0 aromatic carbocycles. The van der Waals surface area contributed by atoms with Gasteiger partial charge in [0.15, 0.2) is 0 Å². The van der Waals surface area contributed by atoms with Gasteiger partial charge in [-0.2, -0.15) is 13.2 Å². The van der Waals surface area contributed by atoms with Crippen LogP contribution in [0.4, 0.5) is 13.2 Å². The molecule has 2 aliphatic rings. The van der Waals surface area contributed by atoms with Crippen molar-refractivity contribution in [3.8, 4) is 0 Å². The van der Waals surface area contributed by atoms with Crippen molar-refractivity contribution in [3.63, 3.8) is 0 Å². The van der Waals surface area contributed by atoms with Crippen molar-refractivity contribution in [2.24, 2.45) is 0 Å². The van der Waals surface area contributed by atoms with E-state index in [1.165, 1.54) is 24.5 Å². The summed E-state index contributed by atoms with van der Waals surface area (Å²) in [7, 11) is 0. The molecule has 0 saturated carbocycles. The molecular weight excluding hydrogens is 331 g/mol. The van der Waals surface area contributed by atoms with Crippen LogP contribution in [0.25, 0.3) is 0 Å². The molecular formula is C18H20F3N3O. The number of rotatable bonds is 3. The highest BCUT2D eigenvalue weighted by atomic mass is 19.4. The third kappa shape index (κ3) is 4.21. The summed E-state index contributed by atoms with van der Waals surface area (Å²) in [4.78, 5) is 18.3. The number of amides is 1. The first-order chi connectivity index (χ1) is 11.9. The van der Waals surface area contributed by atoms with Crippen LogP contribution >= 0.6 is 0 Å². The van der Waals surface area contributed by atoms with Gasteiger partial charge in [0.25, 0.3) is 5.91 Å². The molecule has 0 radical (unpaired) electrons. The molecule has 1 aliphatic carbocycles. The second-order valence-corrected chi connectivity index (χ2v) is 6.27. The Kier molecular flexibility index (Phi) is 5.11. The fraction of sp³-hybridized carbons (Fsp3) is 0.444. The molecule has 0 atom stereocenters. The number of alkyl halides is 3. The number of nitrogens with zero attached hydrogens (tertiary/aromatic N) is 2. The van der Waals surface area contributed by atoms with Gasteiger partial charge in [0, 0.05) is 42.3 Å². The molecule has 0 spiro atoms. The Morgan fingerprint density at radius 2 is 1.76 bits per heavy atom. The molecule has 2 heterocycles. The predicted molar refractivity (Wildman–Crippen MR) is 87.5 cm³/mol. The molecule has 25 heavy (non-hydrogen) atoms. The number of carbonyl (C=O) groups excluding carboxylic acids is 1. The number of nitrogens with one attached hydrogen (secondary N) is 1. The summed E-state index contributed by atoms with van der Waals surface area (Å²) in [6.45, 7) is 1.64. The van der Waals surface area contributed by atoms with E-state index in [9.17, 15) is 18.0 Å². The molecule has 7 heteroatoms. The molecule has 1 aliphatic heterocycles. The zero-order valence-corrected chi connectivity index (χ0v) is 13.8. The fourth-order valence-corrected chi connectivity index (χ4v) is 3.24. The van der Waals surface area contributed by atoms with E-state index in [2.05, 4.69) is 15.2 Å². The highest BCUT2D eigenvalue weighted by molar-refractivity contribution is 5.95. The highest BCUT2D eigenvalue weighted by Crippen LogP contribution is 2.36. The Labute approximate surface area is 144 Å². The third-order valence-corrected chi connectivity index (χ3v) is 4.55. The average Bonchev–Trinajstić information content (AvgIpc) is 2.62. The minimum Gasteiger partial charge on any atom is -0.373 e. The summed E-state index contributed by atoms with van der Waals surface area (Å²) < 4.78 is 39.4. The first kappa shape index (κ1) is 17.5. The Morgan fingerprint density at radius 3 is 2.40 bits per heavy atom. The normalized spacial score (nSPS) is 18.8. The topological polar surface area (TPSA) is 45.2 Å². The van der Waals surface area contributed by atoms with E-state index in [0.717, 1.165) is 44.1 Å². The van der Waals surface area contributed by atoms with Gasteiger partial charge in [-0.1, -0.05) is 0 Å². The van der Waals surface area contributed by atoms with Gasteiger partial charge in [-0.3, -0.25) is 9.78 Å². The van der Waals surface area contributed by atoms with E-state index in [1.807, 2.05) is 0 Å². The Bertz CT molecular complexity index is 689. The SMILES string of the molecule is O=C(NC1=C(N2CCCCC2)CCC(C(F)(F)F)=C1)c1ccncc1. The summed E-state index contributed by atoms with van der Waals surface area (Å²) in [6.07, 6.45) is 3.08. The Balaban J connectivity index is 1.90. The van der Waals surface area contributed by atoms with E-state index >= 15 is 0 Å². The molecule has 1 aromatic heterocycles. The van der Waals surface area contributed by atoms with Crippen LogP contribution in [0, 0.1) is 0 Å². The van der Waals surface area contributed by atoms with Crippen molar-refractivity contribution in [1.82, 2.24) is 15.2 Å². The predicted octanol–water partition coefficient (Wildman–Crippen LogP) is 3.79. The maximum absolute atomic E-state index is 13.1. The van der Waals surface area contributed by atoms with Crippen LogP contribution in [0.15, 0.2) is 47.6 Å². The van der Waals surface area contributed by atoms with Gasteiger partial charge in [-0.25, -0.2) is 0 Å². The fourth-order valence-electron chi connectivity index (χ4n) is 3.24. The van der Waals surface area contributed by atoms with Gasteiger partial charge in [-0.15, -0.1) is 0 Å². The molecule has 134 valence electrons. The number of hydrogen-bond donors (Lipinski definition) is 1. The lowest BCUT2D eigenvalue weighted by atomic mass is 9.97. The number of carbonyl (C=O) groups is 1. The van der Waals surface area contributed by atoms with Gasteiger partial charge in [0.2, 0.25) is 0 Å². The van der Waals surface area contributed by atoms with Crippen LogP contribution in [-0.2, 0) is 0 Å². The van der Waals surface area contributed by atoms with Crippen molar-refractivity contribution < 1.29 is 18.0 Å². The minimum absolute atomic E-state index is 0.0516. The van der Waals surface area contributed by atoms with E-state index < -0.39 is 17.7 Å². The standard InChI is InChI=1S/C18H20F3N3O/c19-18(20,21)14-4-5-16(24-10-2-1-3-11-24)15(12-14)23-17(25)13-6-8-22-9-7-13/h6-9,12H,1-5,10-11H2,(H,23,25). The molecule has 1 saturated heterocycles. The van der Waals surface area contributed by atoms with Crippen LogP contribution in [-0.4, -0.2) is 35.1 Å². The number of pyridine rings is 1. The van der Waals surface area contributed by atoms with Gasteiger partial charge in [0.1, 0.15) is 0 Å². The molecule has 1 amide bonds. The zero-order valence-electron chi connectivity index (χ0n) is 13.8. The highest BCUT2D eigenvalue weighted by Gasteiger charge is 2.36. The second kappa shape index (κ2) is 7.29. The summed E-state index contributed by atoms with van der Waals surface area (Å²) in [5.41, 5.74) is 0.837. The van der Waals surface area contributed by atoms with E-state index in [-0.39, 0.29) is 18.5 Å². The largest absolute Gasteiger partial charge is 0.412 e. The Hall–Kier alpha value is -2.31. The zero-order chi connectivity index (χ0) is 17.9. The third-order valence-electron chi connectivity index (χ3n) is 4.55. The number of halogens is 3. The van der Waals surface area contributed by atoms with E-state index in [0.29, 0.717) is 5.56 Å². The van der Waals surface area contributed by atoms with Crippen LogP contribution < -0.4 is 5.32 Å². The lowest BCUT2D eigenvalue weighted by molar-refractivity contribution is -0.0944. The van der Waals surface area contributed by atoms with Gasteiger partial charge < -0.3 is 10.2 Å². The van der Waals surface area contributed by atoms with Crippen molar-refractivity contribution in [2.45, 2.75) is 38.3 Å². The van der Waals surface area contributed by atoms with Gasteiger partial charge in [0.05, 0.1) is 5.70 Å². The molecule has 0 bridgehead atoms. The number of likely N-dealkylation sites (tertiary alicyclic amines) is 1. The minimum atomic E-state index is -4.37. The number of aromatic nitrogens is 1. The lowest BCUT2D eigenvalue weighted by Gasteiger charge is -2.34. The van der Waals surface area contributed by atoms with Crippen LogP contribution in [0.5, 0.6) is 0 Å². The van der Waals surface area contributed by atoms with Crippen molar-refractivity contribution in [2.75, 3.05) is 13.1 Å². The first-order valence-corrected chi connectivity index (χ1v) is 8.42. The summed E-state index contributed by atoms with van der Waals surface area (Å²) >= 11 is 0. The molecule has 1 N–H and O–H groups in total. The quantitative estimate of drug-likeness (QED) is 0.901. The van der Waals surface area contributed by atoms with Crippen LogP contribution in [0.2, 0.25) is 0 Å². The average molecular weight is 351 g/mol.